The molecule has 1 aromatic carbocycles. The second-order valence-corrected chi connectivity index (χ2v) is 5.14. The molecule has 5 heteroatoms. The minimum Gasteiger partial charge on any atom is -0.382 e. The highest BCUT2D eigenvalue weighted by Crippen LogP contribution is 2.24. The van der Waals surface area contributed by atoms with E-state index in [2.05, 4.69) is 16.7 Å². The van der Waals surface area contributed by atoms with E-state index in [1.165, 1.54) is 5.56 Å². The molecule has 0 radical (unpaired) electrons. The first kappa shape index (κ1) is 15.8. The number of hydrogen-bond acceptors (Lipinski definition) is 4. The highest BCUT2D eigenvalue weighted by molar-refractivity contribution is 5.85. The molecule has 2 rings (SSSR count). The summed E-state index contributed by atoms with van der Waals surface area (Å²) in [6.45, 7) is 2.50. The van der Waals surface area contributed by atoms with Gasteiger partial charge in [0.05, 0.1) is 13.2 Å². The topological polar surface area (TPSA) is 59.6 Å². The van der Waals surface area contributed by atoms with Crippen molar-refractivity contribution in [2.45, 2.75) is 25.3 Å². The molecule has 1 unspecified atom stereocenters. The molecular weight excluding hydrogens is 268 g/mol. The van der Waals surface area contributed by atoms with Crippen molar-refractivity contribution in [2.24, 2.45) is 0 Å². The lowest BCUT2D eigenvalue weighted by molar-refractivity contribution is -0.122. The summed E-state index contributed by atoms with van der Waals surface area (Å²) >= 11 is 0. The fourth-order valence-electron chi connectivity index (χ4n) is 2.39. The van der Waals surface area contributed by atoms with Gasteiger partial charge in [0, 0.05) is 25.9 Å². The van der Waals surface area contributed by atoms with Gasteiger partial charge in [-0.1, -0.05) is 18.2 Å². The monoisotopic (exact) mass is 292 g/mol. The Kier molecular flexibility index (Phi) is 6.50. The molecular formula is C16H24N2O3. The summed E-state index contributed by atoms with van der Waals surface area (Å²) in [6, 6.07) is 8.02. The third kappa shape index (κ3) is 5.02. The van der Waals surface area contributed by atoms with Gasteiger partial charge in [0.1, 0.15) is 6.04 Å². The van der Waals surface area contributed by atoms with E-state index < -0.39 is 0 Å². The van der Waals surface area contributed by atoms with Gasteiger partial charge in [0.25, 0.3) is 0 Å². The molecule has 0 spiro atoms. The number of para-hydroxylation sites is 1. The molecule has 0 aliphatic carbocycles. The number of nitrogens with one attached hydrogen (secondary N) is 2. The Bertz CT molecular complexity index is 451. The highest BCUT2D eigenvalue weighted by Gasteiger charge is 2.22. The van der Waals surface area contributed by atoms with Crippen LogP contribution in [0.3, 0.4) is 0 Å². The molecule has 0 bridgehead atoms. The summed E-state index contributed by atoms with van der Waals surface area (Å²) in [7, 11) is 1.65. The number of fused-ring (bicyclic) bond motifs is 1. The van der Waals surface area contributed by atoms with Crippen LogP contribution in [0.4, 0.5) is 5.69 Å². The fraction of sp³-hybridized carbons (Fsp3) is 0.562. The van der Waals surface area contributed by atoms with Crippen molar-refractivity contribution < 1.29 is 14.3 Å². The maximum absolute atomic E-state index is 12.1. The van der Waals surface area contributed by atoms with Crippen LogP contribution < -0.4 is 10.6 Å². The van der Waals surface area contributed by atoms with E-state index in [1.807, 2.05) is 18.2 Å². The summed E-state index contributed by atoms with van der Waals surface area (Å²) in [5.41, 5.74) is 2.36. The van der Waals surface area contributed by atoms with E-state index in [4.69, 9.17) is 9.47 Å². The van der Waals surface area contributed by atoms with E-state index >= 15 is 0 Å². The van der Waals surface area contributed by atoms with Gasteiger partial charge in [0.2, 0.25) is 5.91 Å². The first-order valence-corrected chi connectivity index (χ1v) is 7.50. The van der Waals surface area contributed by atoms with Gasteiger partial charge in [-0.3, -0.25) is 4.79 Å². The molecule has 0 saturated carbocycles. The second kappa shape index (κ2) is 8.64. The Balaban J connectivity index is 1.64. The van der Waals surface area contributed by atoms with E-state index in [9.17, 15) is 4.79 Å². The van der Waals surface area contributed by atoms with Crippen molar-refractivity contribution in [1.29, 1.82) is 0 Å². The second-order valence-electron chi connectivity index (χ2n) is 5.14. The third-order valence-corrected chi connectivity index (χ3v) is 3.56. The quantitative estimate of drug-likeness (QED) is 0.714. The molecule has 1 aromatic rings. The molecule has 1 heterocycles. The number of amides is 1. The lowest BCUT2D eigenvalue weighted by Crippen LogP contribution is -2.42. The minimum absolute atomic E-state index is 0.0707. The molecule has 0 saturated heterocycles. The van der Waals surface area contributed by atoms with E-state index in [-0.39, 0.29) is 11.9 Å². The third-order valence-electron chi connectivity index (χ3n) is 3.56. The fourth-order valence-corrected chi connectivity index (χ4v) is 2.39. The molecule has 1 aliphatic rings. The summed E-state index contributed by atoms with van der Waals surface area (Å²) in [6.07, 6.45) is 2.60. The number of carbonyl (C=O) groups excluding carboxylic acids is 1. The zero-order chi connectivity index (χ0) is 14.9. The largest absolute Gasteiger partial charge is 0.382 e. The van der Waals surface area contributed by atoms with Crippen LogP contribution in [0.2, 0.25) is 0 Å². The van der Waals surface area contributed by atoms with Crippen LogP contribution in [-0.2, 0) is 20.7 Å². The van der Waals surface area contributed by atoms with Crippen molar-refractivity contribution in [3.05, 3.63) is 29.8 Å². The standard InChI is InChI=1S/C16H24N2O3/c1-20-11-12-21-10-4-9-17-16(19)15-8-7-13-5-2-3-6-14(13)18-15/h2-3,5-6,15,18H,4,7-12H2,1H3,(H,17,19). The number of hydrogen-bond donors (Lipinski definition) is 2. The maximum Gasteiger partial charge on any atom is 0.242 e. The molecule has 21 heavy (non-hydrogen) atoms. The van der Waals surface area contributed by atoms with Crippen molar-refractivity contribution in [3.8, 4) is 0 Å². The molecule has 116 valence electrons. The van der Waals surface area contributed by atoms with Crippen LogP contribution in [0.5, 0.6) is 0 Å². The van der Waals surface area contributed by atoms with Crippen LogP contribution >= 0.6 is 0 Å². The Morgan fingerprint density at radius 1 is 1.33 bits per heavy atom. The lowest BCUT2D eigenvalue weighted by Gasteiger charge is -2.26. The zero-order valence-corrected chi connectivity index (χ0v) is 12.6. The predicted molar refractivity (Wildman–Crippen MR) is 82.5 cm³/mol. The number of methoxy groups -OCH3 is 1. The molecule has 1 atom stereocenters. The lowest BCUT2D eigenvalue weighted by atomic mass is 9.98. The number of rotatable bonds is 8. The van der Waals surface area contributed by atoms with Gasteiger partial charge in [-0.05, 0) is 30.9 Å². The van der Waals surface area contributed by atoms with Gasteiger partial charge in [-0.15, -0.1) is 0 Å². The number of aryl methyl sites for hydroxylation is 1. The first-order valence-electron chi connectivity index (χ1n) is 7.50. The molecule has 1 amide bonds. The molecule has 0 aromatic heterocycles. The molecule has 0 fully saturated rings. The summed E-state index contributed by atoms with van der Waals surface area (Å²) in [5.74, 6) is 0.0707. The molecule has 1 aliphatic heterocycles. The Hall–Kier alpha value is -1.59. The van der Waals surface area contributed by atoms with Crippen LogP contribution in [0.1, 0.15) is 18.4 Å². The minimum atomic E-state index is -0.130. The highest BCUT2D eigenvalue weighted by atomic mass is 16.5. The van der Waals surface area contributed by atoms with E-state index in [1.54, 1.807) is 7.11 Å². The van der Waals surface area contributed by atoms with Gasteiger partial charge in [-0.2, -0.15) is 0 Å². The maximum atomic E-state index is 12.1. The Labute approximate surface area is 126 Å². The van der Waals surface area contributed by atoms with Crippen LogP contribution in [0.15, 0.2) is 24.3 Å². The number of benzene rings is 1. The smallest absolute Gasteiger partial charge is 0.242 e. The van der Waals surface area contributed by atoms with Crippen LogP contribution in [-0.4, -0.2) is 45.4 Å². The Morgan fingerprint density at radius 2 is 2.19 bits per heavy atom. The van der Waals surface area contributed by atoms with Gasteiger partial charge < -0.3 is 20.1 Å². The van der Waals surface area contributed by atoms with Gasteiger partial charge >= 0.3 is 0 Å². The summed E-state index contributed by atoms with van der Waals surface area (Å²) < 4.78 is 10.2. The SMILES string of the molecule is COCCOCCCNC(=O)C1CCc2ccccc2N1. The molecule has 2 N–H and O–H groups in total. The van der Waals surface area contributed by atoms with E-state index in [0.29, 0.717) is 26.4 Å². The number of carbonyl (C=O) groups is 1. The average Bonchev–Trinajstić information content (AvgIpc) is 2.53. The zero-order valence-electron chi connectivity index (χ0n) is 12.6. The normalized spacial score (nSPS) is 16.9. The number of ether oxygens (including phenoxy) is 2. The number of anilines is 1. The average molecular weight is 292 g/mol. The van der Waals surface area contributed by atoms with Gasteiger partial charge in [0.15, 0.2) is 0 Å². The van der Waals surface area contributed by atoms with Crippen molar-refractivity contribution in [1.82, 2.24) is 5.32 Å². The summed E-state index contributed by atoms with van der Waals surface area (Å²) in [4.78, 5) is 12.1. The van der Waals surface area contributed by atoms with Crippen molar-refractivity contribution in [3.63, 3.8) is 0 Å². The first-order chi connectivity index (χ1) is 10.3. The van der Waals surface area contributed by atoms with Crippen molar-refractivity contribution >= 4 is 11.6 Å². The van der Waals surface area contributed by atoms with Crippen molar-refractivity contribution in [2.75, 3.05) is 38.8 Å². The summed E-state index contributed by atoms with van der Waals surface area (Å²) in [5, 5.41) is 6.27. The molecule has 5 nitrogen and oxygen atoms in total. The van der Waals surface area contributed by atoms with Crippen LogP contribution in [0, 0.1) is 0 Å². The van der Waals surface area contributed by atoms with Gasteiger partial charge in [-0.25, -0.2) is 0 Å². The van der Waals surface area contributed by atoms with E-state index in [0.717, 1.165) is 24.9 Å². The van der Waals surface area contributed by atoms with Crippen LogP contribution in [0.25, 0.3) is 0 Å². The predicted octanol–water partition coefficient (Wildman–Crippen LogP) is 1.58. The Morgan fingerprint density at radius 3 is 3.05 bits per heavy atom.